The Balaban J connectivity index is 1.59. The normalized spacial score (nSPS) is 22.4. The van der Waals surface area contributed by atoms with Crippen molar-refractivity contribution in [1.82, 2.24) is 9.62 Å². The minimum atomic E-state index is -3.05. The SMILES string of the molecule is CS(=O)(=O)N1CCC(CNC(=O)CCC2CCC2)CC1. The van der Waals surface area contributed by atoms with Gasteiger partial charge in [-0.2, -0.15) is 0 Å². The Morgan fingerprint density at radius 3 is 2.30 bits per heavy atom. The topological polar surface area (TPSA) is 66.5 Å². The number of carbonyl (C=O) groups is 1. The fourth-order valence-corrected chi connectivity index (χ4v) is 3.78. The van der Waals surface area contributed by atoms with Crippen LogP contribution in [0.15, 0.2) is 0 Å². The molecule has 1 saturated heterocycles. The fourth-order valence-electron chi connectivity index (χ4n) is 2.91. The van der Waals surface area contributed by atoms with E-state index in [9.17, 15) is 13.2 Å². The first-order valence-electron chi connectivity index (χ1n) is 7.67. The van der Waals surface area contributed by atoms with Crippen LogP contribution in [0.3, 0.4) is 0 Å². The average Bonchev–Trinajstić information content (AvgIpc) is 2.34. The second-order valence-corrected chi connectivity index (χ2v) is 8.23. The van der Waals surface area contributed by atoms with Crippen molar-refractivity contribution < 1.29 is 13.2 Å². The summed E-state index contributed by atoms with van der Waals surface area (Å²) in [7, 11) is -3.05. The van der Waals surface area contributed by atoms with Crippen molar-refractivity contribution >= 4 is 15.9 Å². The number of nitrogens with one attached hydrogen (secondary N) is 1. The highest BCUT2D eigenvalue weighted by Gasteiger charge is 2.25. The molecule has 116 valence electrons. The van der Waals surface area contributed by atoms with Crippen LogP contribution in [0.5, 0.6) is 0 Å². The molecule has 1 aliphatic heterocycles. The number of hydrogen-bond acceptors (Lipinski definition) is 3. The summed E-state index contributed by atoms with van der Waals surface area (Å²) in [5.41, 5.74) is 0. The van der Waals surface area contributed by atoms with Crippen LogP contribution in [0.1, 0.15) is 44.9 Å². The van der Waals surface area contributed by atoms with Crippen molar-refractivity contribution in [3.8, 4) is 0 Å². The molecule has 0 bridgehead atoms. The van der Waals surface area contributed by atoms with Gasteiger partial charge in [0.15, 0.2) is 0 Å². The van der Waals surface area contributed by atoms with E-state index in [1.165, 1.54) is 29.8 Å². The van der Waals surface area contributed by atoms with Crippen molar-refractivity contribution in [2.45, 2.75) is 44.9 Å². The van der Waals surface area contributed by atoms with Crippen LogP contribution in [-0.2, 0) is 14.8 Å². The summed E-state index contributed by atoms with van der Waals surface area (Å²) in [6.45, 7) is 1.87. The van der Waals surface area contributed by atoms with E-state index in [-0.39, 0.29) is 5.91 Å². The second kappa shape index (κ2) is 6.89. The first-order chi connectivity index (χ1) is 9.45. The van der Waals surface area contributed by atoms with Gasteiger partial charge in [-0.15, -0.1) is 0 Å². The molecule has 0 aromatic heterocycles. The lowest BCUT2D eigenvalue weighted by Gasteiger charge is -2.30. The molecule has 0 aromatic rings. The summed E-state index contributed by atoms with van der Waals surface area (Å²) < 4.78 is 24.3. The minimum Gasteiger partial charge on any atom is -0.356 e. The molecule has 2 rings (SSSR count). The molecule has 2 aliphatic rings. The summed E-state index contributed by atoms with van der Waals surface area (Å²) in [4.78, 5) is 11.7. The predicted molar refractivity (Wildman–Crippen MR) is 78.7 cm³/mol. The molecular formula is C14H26N2O3S. The molecule has 1 N–H and O–H groups in total. The lowest BCUT2D eigenvalue weighted by Crippen LogP contribution is -2.41. The Kier molecular flexibility index (Phi) is 5.43. The van der Waals surface area contributed by atoms with E-state index in [1.807, 2.05) is 0 Å². The van der Waals surface area contributed by atoms with Gasteiger partial charge in [0.05, 0.1) is 6.26 Å². The van der Waals surface area contributed by atoms with E-state index in [0.717, 1.165) is 25.2 Å². The molecule has 1 aliphatic carbocycles. The second-order valence-electron chi connectivity index (χ2n) is 6.25. The van der Waals surface area contributed by atoms with Gasteiger partial charge in [0.1, 0.15) is 0 Å². The van der Waals surface area contributed by atoms with Crippen LogP contribution >= 0.6 is 0 Å². The highest BCUT2D eigenvalue weighted by Crippen LogP contribution is 2.30. The molecule has 20 heavy (non-hydrogen) atoms. The molecule has 0 atom stereocenters. The zero-order valence-corrected chi connectivity index (χ0v) is 13.1. The van der Waals surface area contributed by atoms with E-state index in [0.29, 0.717) is 32.0 Å². The number of hydrogen-bond donors (Lipinski definition) is 1. The van der Waals surface area contributed by atoms with E-state index in [1.54, 1.807) is 0 Å². The van der Waals surface area contributed by atoms with Crippen LogP contribution in [-0.4, -0.2) is 44.5 Å². The lowest BCUT2D eigenvalue weighted by molar-refractivity contribution is -0.121. The van der Waals surface area contributed by atoms with Crippen molar-refractivity contribution in [3.63, 3.8) is 0 Å². The van der Waals surface area contributed by atoms with Crippen molar-refractivity contribution in [3.05, 3.63) is 0 Å². The largest absolute Gasteiger partial charge is 0.356 e. The maximum atomic E-state index is 11.7. The number of sulfonamides is 1. The van der Waals surface area contributed by atoms with Gasteiger partial charge < -0.3 is 5.32 Å². The van der Waals surface area contributed by atoms with E-state index < -0.39 is 10.0 Å². The number of piperidine rings is 1. The standard InChI is InChI=1S/C14H26N2O3S/c1-20(18,19)16-9-7-13(8-10-16)11-15-14(17)6-5-12-3-2-4-12/h12-13H,2-11H2,1H3,(H,15,17). The molecule has 6 heteroatoms. The zero-order valence-electron chi connectivity index (χ0n) is 12.3. The summed E-state index contributed by atoms with van der Waals surface area (Å²) in [6, 6.07) is 0. The smallest absolute Gasteiger partial charge is 0.220 e. The highest BCUT2D eigenvalue weighted by molar-refractivity contribution is 7.88. The molecule has 0 spiro atoms. The van der Waals surface area contributed by atoms with E-state index in [4.69, 9.17) is 0 Å². The maximum Gasteiger partial charge on any atom is 0.220 e. The molecule has 2 fully saturated rings. The summed E-state index contributed by atoms with van der Waals surface area (Å²) in [5.74, 6) is 1.35. The van der Waals surface area contributed by atoms with Gasteiger partial charge >= 0.3 is 0 Å². The van der Waals surface area contributed by atoms with Crippen molar-refractivity contribution in [2.24, 2.45) is 11.8 Å². The summed E-state index contributed by atoms with van der Waals surface area (Å²) in [6.07, 6.45) is 8.52. The van der Waals surface area contributed by atoms with Gasteiger partial charge in [0.2, 0.25) is 15.9 Å². The Morgan fingerprint density at radius 1 is 1.15 bits per heavy atom. The van der Waals surface area contributed by atoms with Crippen molar-refractivity contribution in [1.29, 1.82) is 0 Å². The number of carbonyl (C=O) groups excluding carboxylic acids is 1. The van der Waals surface area contributed by atoms with Gasteiger partial charge in [-0.1, -0.05) is 19.3 Å². The molecular weight excluding hydrogens is 276 g/mol. The van der Waals surface area contributed by atoms with Gasteiger partial charge in [0, 0.05) is 26.1 Å². The quantitative estimate of drug-likeness (QED) is 0.805. The Hall–Kier alpha value is -0.620. The van der Waals surface area contributed by atoms with Gasteiger partial charge in [0.25, 0.3) is 0 Å². The molecule has 0 unspecified atom stereocenters. The van der Waals surface area contributed by atoms with E-state index >= 15 is 0 Å². The molecule has 1 heterocycles. The molecule has 1 amide bonds. The van der Waals surface area contributed by atoms with Crippen LogP contribution in [0, 0.1) is 11.8 Å². The lowest BCUT2D eigenvalue weighted by atomic mass is 9.82. The summed E-state index contributed by atoms with van der Waals surface area (Å²) >= 11 is 0. The zero-order chi connectivity index (χ0) is 14.6. The van der Waals surface area contributed by atoms with E-state index in [2.05, 4.69) is 5.32 Å². The third kappa shape index (κ3) is 4.74. The Labute approximate surface area is 122 Å². The summed E-state index contributed by atoms with van der Waals surface area (Å²) in [5, 5.41) is 3.00. The van der Waals surface area contributed by atoms with Crippen LogP contribution in [0.2, 0.25) is 0 Å². The van der Waals surface area contributed by atoms with Crippen LogP contribution in [0.4, 0.5) is 0 Å². The van der Waals surface area contributed by atoms with Gasteiger partial charge in [-0.25, -0.2) is 12.7 Å². The average molecular weight is 302 g/mol. The van der Waals surface area contributed by atoms with Gasteiger partial charge in [-0.05, 0) is 31.1 Å². The first kappa shape index (κ1) is 15.8. The Morgan fingerprint density at radius 2 is 1.80 bits per heavy atom. The Bertz CT molecular complexity index is 424. The molecule has 1 saturated carbocycles. The number of amides is 1. The van der Waals surface area contributed by atoms with Gasteiger partial charge in [-0.3, -0.25) is 4.79 Å². The minimum absolute atomic E-state index is 0.155. The van der Waals surface area contributed by atoms with Crippen molar-refractivity contribution in [2.75, 3.05) is 25.9 Å². The predicted octanol–water partition coefficient (Wildman–Crippen LogP) is 1.35. The molecule has 0 aromatic carbocycles. The number of nitrogens with zero attached hydrogens (tertiary/aromatic N) is 1. The fraction of sp³-hybridized carbons (Fsp3) is 0.929. The molecule has 5 nitrogen and oxygen atoms in total. The monoisotopic (exact) mass is 302 g/mol. The third-order valence-corrected chi connectivity index (χ3v) is 5.94. The number of rotatable bonds is 6. The van der Waals surface area contributed by atoms with Crippen LogP contribution < -0.4 is 5.32 Å². The molecule has 0 radical (unpaired) electrons. The first-order valence-corrected chi connectivity index (χ1v) is 9.52. The highest BCUT2D eigenvalue weighted by atomic mass is 32.2. The third-order valence-electron chi connectivity index (χ3n) is 4.63. The maximum absolute atomic E-state index is 11.7. The van der Waals surface area contributed by atoms with Crippen LogP contribution in [0.25, 0.3) is 0 Å².